The van der Waals surface area contributed by atoms with E-state index in [1.807, 2.05) is 25.1 Å². The van der Waals surface area contributed by atoms with Gasteiger partial charge in [0.25, 0.3) is 0 Å². The van der Waals surface area contributed by atoms with Crippen LogP contribution in [0.5, 0.6) is 5.75 Å². The molecule has 1 heterocycles. The van der Waals surface area contributed by atoms with Crippen LogP contribution >= 0.6 is 0 Å². The Labute approximate surface area is 105 Å². The number of aryl methyl sites for hydroxylation is 2. The first kappa shape index (κ1) is 10.8. The molecule has 0 aliphatic carbocycles. The molecule has 0 saturated heterocycles. The van der Waals surface area contributed by atoms with E-state index < -0.39 is 0 Å². The van der Waals surface area contributed by atoms with Gasteiger partial charge in [-0.25, -0.2) is 4.98 Å². The summed E-state index contributed by atoms with van der Waals surface area (Å²) in [6, 6.07) is 11.6. The maximum Gasteiger partial charge on any atom is 0.138 e. The lowest BCUT2D eigenvalue weighted by Crippen LogP contribution is -1.82. The van der Waals surface area contributed by atoms with Crippen molar-refractivity contribution in [3.8, 4) is 17.1 Å². The minimum Gasteiger partial charge on any atom is -0.508 e. The molecule has 3 nitrogen and oxygen atoms in total. The summed E-state index contributed by atoms with van der Waals surface area (Å²) in [4.78, 5) is 7.86. The lowest BCUT2D eigenvalue weighted by molar-refractivity contribution is 0.471. The number of nitrogens with zero attached hydrogens (tertiary/aromatic N) is 1. The number of H-pyrrole nitrogens is 1. The third kappa shape index (κ3) is 1.74. The maximum atomic E-state index is 9.54. The highest BCUT2D eigenvalue weighted by atomic mass is 16.3. The quantitative estimate of drug-likeness (QED) is 0.681. The number of fused-ring (bicyclic) bond motifs is 1. The molecule has 0 atom stereocenters. The normalized spacial score (nSPS) is 11.0. The fourth-order valence-electron chi connectivity index (χ4n) is 2.06. The fraction of sp³-hybridized carbons (Fsp3) is 0.133. The van der Waals surface area contributed by atoms with Gasteiger partial charge in [-0.15, -0.1) is 0 Å². The first-order chi connectivity index (χ1) is 8.63. The molecule has 0 bridgehead atoms. The molecule has 0 spiro atoms. The Bertz CT molecular complexity index is 728. The average molecular weight is 238 g/mol. The van der Waals surface area contributed by atoms with Gasteiger partial charge < -0.3 is 10.1 Å². The maximum absolute atomic E-state index is 9.54. The number of phenolic OH excluding ortho intramolecular Hbond substituents is 1. The number of hydrogen-bond acceptors (Lipinski definition) is 2. The molecular weight excluding hydrogens is 224 g/mol. The number of phenols is 1. The number of aromatic amines is 1. The Balaban J connectivity index is 2.16. The zero-order valence-electron chi connectivity index (χ0n) is 10.4. The van der Waals surface area contributed by atoms with Crippen molar-refractivity contribution in [1.29, 1.82) is 0 Å². The topological polar surface area (TPSA) is 48.9 Å². The van der Waals surface area contributed by atoms with E-state index in [-0.39, 0.29) is 0 Å². The number of benzene rings is 2. The van der Waals surface area contributed by atoms with Crippen LogP contribution in [0.4, 0.5) is 0 Å². The highest BCUT2D eigenvalue weighted by Crippen LogP contribution is 2.25. The van der Waals surface area contributed by atoms with Crippen molar-refractivity contribution in [3.63, 3.8) is 0 Å². The van der Waals surface area contributed by atoms with Gasteiger partial charge in [0.1, 0.15) is 11.6 Å². The molecule has 3 heteroatoms. The zero-order valence-corrected chi connectivity index (χ0v) is 10.4. The van der Waals surface area contributed by atoms with E-state index in [4.69, 9.17) is 0 Å². The molecule has 1 aromatic heterocycles. The van der Waals surface area contributed by atoms with E-state index in [0.717, 1.165) is 28.0 Å². The number of nitrogens with one attached hydrogen (secondary N) is 1. The molecule has 90 valence electrons. The van der Waals surface area contributed by atoms with Crippen molar-refractivity contribution in [1.82, 2.24) is 9.97 Å². The van der Waals surface area contributed by atoms with Crippen molar-refractivity contribution in [3.05, 3.63) is 47.5 Å². The van der Waals surface area contributed by atoms with Gasteiger partial charge in [-0.2, -0.15) is 0 Å². The second kappa shape index (κ2) is 3.88. The summed E-state index contributed by atoms with van der Waals surface area (Å²) < 4.78 is 0. The molecule has 0 unspecified atom stereocenters. The Morgan fingerprint density at radius 1 is 1.06 bits per heavy atom. The van der Waals surface area contributed by atoms with Crippen LogP contribution < -0.4 is 0 Å². The number of aromatic nitrogens is 2. The van der Waals surface area contributed by atoms with Crippen LogP contribution in [-0.2, 0) is 0 Å². The summed E-state index contributed by atoms with van der Waals surface area (Å²) in [7, 11) is 0. The minimum absolute atomic E-state index is 0.311. The summed E-state index contributed by atoms with van der Waals surface area (Å²) in [6.07, 6.45) is 0. The van der Waals surface area contributed by atoms with E-state index in [1.54, 1.807) is 6.07 Å². The SMILES string of the molecule is Cc1ccc2nc(-c3ccc(O)c(C)c3)[nH]c2c1. The van der Waals surface area contributed by atoms with Crippen molar-refractivity contribution in [2.75, 3.05) is 0 Å². The average Bonchev–Trinajstić information content (AvgIpc) is 2.75. The van der Waals surface area contributed by atoms with Crippen molar-refractivity contribution >= 4 is 11.0 Å². The van der Waals surface area contributed by atoms with Gasteiger partial charge in [0.15, 0.2) is 0 Å². The molecule has 0 radical (unpaired) electrons. The Kier molecular flexibility index (Phi) is 2.33. The van der Waals surface area contributed by atoms with Gasteiger partial charge >= 0.3 is 0 Å². The predicted molar refractivity (Wildman–Crippen MR) is 72.7 cm³/mol. The number of rotatable bonds is 1. The second-order valence-electron chi connectivity index (χ2n) is 4.61. The number of imidazole rings is 1. The lowest BCUT2D eigenvalue weighted by Gasteiger charge is -2.00. The van der Waals surface area contributed by atoms with E-state index in [0.29, 0.717) is 5.75 Å². The Hall–Kier alpha value is -2.29. The molecule has 0 amide bonds. The van der Waals surface area contributed by atoms with E-state index >= 15 is 0 Å². The van der Waals surface area contributed by atoms with Crippen molar-refractivity contribution in [2.24, 2.45) is 0 Å². The molecule has 0 aliphatic rings. The highest BCUT2D eigenvalue weighted by Gasteiger charge is 2.06. The van der Waals surface area contributed by atoms with Crippen molar-refractivity contribution < 1.29 is 5.11 Å². The summed E-state index contributed by atoms with van der Waals surface area (Å²) in [5.41, 5.74) is 5.04. The minimum atomic E-state index is 0.311. The monoisotopic (exact) mass is 238 g/mol. The first-order valence-electron chi connectivity index (χ1n) is 5.90. The van der Waals surface area contributed by atoms with Crippen LogP contribution in [0.25, 0.3) is 22.4 Å². The van der Waals surface area contributed by atoms with Gasteiger partial charge in [-0.1, -0.05) is 6.07 Å². The van der Waals surface area contributed by atoms with Crippen LogP contribution in [-0.4, -0.2) is 15.1 Å². The Morgan fingerprint density at radius 3 is 2.67 bits per heavy atom. The van der Waals surface area contributed by atoms with Gasteiger partial charge in [0.05, 0.1) is 11.0 Å². The highest BCUT2D eigenvalue weighted by molar-refractivity contribution is 5.80. The standard InChI is InChI=1S/C15H14N2O/c1-9-3-5-12-13(7-9)17-15(16-12)11-4-6-14(18)10(2)8-11/h3-8,18H,1-2H3,(H,16,17). The second-order valence-corrected chi connectivity index (χ2v) is 4.61. The molecule has 2 aromatic carbocycles. The van der Waals surface area contributed by atoms with Crippen LogP contribution in [0.15, 0.2) is 36.4 Å². The van der Waals surface area contributed by atoms with Crippen LogP contribution in [0.1, 0.15) is 11.1 Å². The third-order valence-electron chi connectivity index (χ3n) is 3.11. The van der Waals surface area contributed by atoms with Gasteiger partial charge in [0, 0.05) is 5.56 Å². The Morgan fingerprint density at radius 2 is 1.89 bits per heavy atom. The zero-order chi connectivity index (χ0) is 12.7. The molecule has 3 rings (SSSR count). The summed E-state index contributed by atoms with van der Waals surface area (Å²) in [5.74, 6) is 1.14. The van der Waals surface area contributed by atoms with Crippen molar-refractivity contribution in [2.45, 2.75) is 13.8 Å². The molecule has 3 aromatic rings. The van der Waals surface area contributed by atoms with Gasteiger partial charge in [0.2, 0.25) is 0 Å². The summed E-state index contributed by atoms with van der Waals surface area (Å²) in [5, 5.41) is 9.54. The van der Waals surface area contributed by atoms with E-state index in [1.165, 1.54) is 5.56 Å². The van der Waals surface area contributed by atoms with Gasteiger partial charge in [-0.3, -0.25) is 0 Å². The van der Waals surface area contributed by atoms with Crippen LogP contribution in [0.2, 0.25) is 0 Å². The van der Waals surface area contributed by atoms with Crippen LogP contribution in [0, 0.1) is 13.8 Å². The smallest absolute Gasteiger partial charge is 0.138 e. The fourth-order valence-corrected chi connectivity index (χ4v) is 2.06. The molecular formula is C15H14N2O. The molecule has 0 fully saturated rings. The number of aromatic hydroxyl groups is 1. The third-order valence-corrected chi connectivity index (χ3v) is 3.11. The van der Waals surface area contributed by atoms with Gasteiger partial charge in [-0.05, 0) is 55.3 Å². The molecule has 0 aliphatic heterocycles. The summed E-state index contributed by atoms with van der Waals surface area (Å²) >= 11 is 0. The van der Waals surface area contributed by atoms with Crippen LogP contribution in [0.3, 0.4) is 0 Å². The predicted octanol–water partition coefficient (Wildman–Crippen LogP) is 3.55. The molecule has 0 saturated carbocycles. The molecule has 2 N–H and O–H groups in total. The van der Waals surface area contributed by atoms with E-state index in [9.17, 15) is 5.11 Å². The largest absolute Gasteiger partial charge is 0.508 e. The first-order valence-corrected chi connectivity index (χ1v) is 5.90. The lowest BCUT2D eigenvalue weighted by atomic mass is 10.1. The van der Waals surface area contributed by atoms with E-state index in [2.05, 4.69) is 29.0 Å². The molecule has 18 heavy (non-hydrogen) atoms. The number of hydrogen-bond donors (Lipinski definition) is 2. The summed E-state index contributed by atoms with van der Waals surface area (Å²) in [6.45, 7) is 3.94.